The second-order valence-corrected chi connectivity index (χ2v) is 6.19. The van der Waals surface area contributed by atoms with E-state index in [1.807, 2.05) is 0 Å². The Bertz CT molecular complexity index is 611. The van der Waals surface area contributed by atoms with Crippen LogP contribution in [0.1, 0.15) is 29.2 Å². The third kappa shape index (κ3) is 1.39. The van der Waals surface area contributed by atoms with Crippen LogP contribution in [0, 0.1) is 12.8 Å². The molecular weight excluding hydrogens is 220 g/mol. The van der Waals surface area contributed by atoms with E-state index >= 15 is 0 Å². The Balaban J connectivity index is 1.94. The SMILES string of the molecule is Cc1ccc2[nH]c3c(c2c1)C1CN(C)CC1CC3. The molecule has 2 heterocycles. The molecule has 2 unspecified atom stereocenters. The first-order valence-electron chi connectivity index (χ1n) is 7.02. The second-order valence-electron chi connectivity index (χ2n) is 6.19. The monoisotopic (exact) mass is 240 g/mol. The number of benzene rings is 1. The summed E-state index contributed by atoms with van der Waals surface area (Å²) < 4.78 is 0. The number of fused-ring (bicyclic) bond motifs is 5. The molecule has 94 valence electrons. The Morgan fingerprint density at radius 3 is 3.06 bits per heavy atom. The van der Waals surface area contributed by atoms with Crippen molar-refractivity contribution in [3.05, 3.63) is 35.0 Å². The van der Waals surface area contributed by atoms with Gasteiger partial charge in [0.05, 0.1) is 0 Å². The van der Waals surface area contributed by atoms with Gasteiger partial charge in [-0.1, -0.05) is 11.6 Å². The molecule has 2 aliphatic rings. The fourth-order valence-electron chi connectivity index (χ4n) is 4.04. The van der Waals surface area contributed by atoms with Crippen LogP contribution in [0.3, 0.4) is 0 Å². The average molecular weight is 240 g/mol. The molecule has 2 nitrogen and oxygen atoms in total. The molecule has 2 heteroatoms. The topological polar surface area (TPSA) is 19.0 Å². The van der Waals surface area contributed by atoms with E-state index in [1.165, 1.54) is 48.1 Å². The molecule has 0 spiro atoms. The fraction of sp³-hybridized carbons (Fsp3) is 0.500. The number of H-pyrrole nitrogens is 1. The molecule has 0 amide bonds. The minimum Gasteiger partial charge on any atom is -0.358 e. The minimum atomic E-state index is 0.759. The molecule has 1 saturated heterocycles. The first-order chi connectivity index (χ1) is 8.72. The van der Waals surface area contributed by atoms with Gasteiger partial charge in [0.25, 0.3) is 0 Å². The number of nitrogens with one attached hydrogen (secondary N) is 1. The van der Waals surface area contributed by atoms with Gasteiger partial charge in [-0.05, 0) is 50.4 Å². The number of aromatic nitrogens is 1. The minimum absolute atomic E-state index is 0.759. The summed E-state index contributed by atoms with van der Waals surface area (Å²) in [4.78, 5) is 6.15. The third-order valence-electron chi connectivity index (χ3n) is 4.84. The van der Waals surface area contributed by atoms with Gasteiger partial charge in [0.1, 0.15) is 0 Å². The van der Waals surface area contributed by atoms with Crippen molar-refractivity contribution >= 4 is 10.9 Å². The van der Waals surface area contributed by atoms with Gasteiger partial charge in [-0.15, -0.1) is 0 Å². The highest BCUT2D eigenvalue weighted by Crippen LogP contribution is 2.44. The van der Waals surface area contributed by atoms with Crippen molar-refractivity contribution < 1.29 is 0 Å². The Hall–Kier alpha value is -1.28. The van der Waals surface area contributed by atoms with E-state index in [1.54, 1.807) is 5.56 Å². The van der Waals surface area contributed by atoms with Crippen LogP contribution in [0.4, 0.5) is 0 Å². The Labute approximate surface area is 108 Å². The van der Waals surface area contributed by atoms with Crippen LogP contribution < -0.4 is 0 Å². The van der Waals surface area contributed by atoms with Crippen LogP contribution in [0.25, 0.3) is 10.9 Å². The summed E-state index contributed by atoms with van der Waals surface area (Å²) in [5.41, 5.74) is 5.85. The largest absolute Gasteiger partial charge is 0.358 e. The van der Waals surface area contributed by atoms with Crippen LogP contribution in [0.15, 0.2) is 18.2 Å². The Kier molecular flexibility index (Phi) is 2.13. The Morgan fingerprint density at radius 2 is 2.17 bits per heavy atom. The van der Waals surface area contributed by atoms with E-state index in [0.29, 0.717) is 0 Å². The zero-order valence-electron chi connectivity index (χ0n) is 11.2. The molecule has 1 N–H and O–H groups in total. The number of likely N-dealkylation sites (tertiary alicyclic amines) is 1. The lowest BCUT2D eigenvalue weighted by Gasteiger charge is -2.25. The summed E-state index contributed by atoms with van der Waals surface area (Å²) in [5.74, 6) is 1.64. The average Bonchev–Trinajstić information content (AvgIpc) is 2.87. The third-order valence-corrected chi connectivity index (χ3v) is 4.84. The van der Waals surface area contributed by atoms with Gasteiger partial charge in [0.2, 0.25) is 0 Å². The first-order valence-corrected chi connectivity index (χ1v) is 7.02. The van der Waals surface area contributed by atoms with Gasteiger partial charge in [-0.3, -0.25) is 0 Å². The fourth-order valence-corrected chi connectivity index (χ4v) is 4.04. The van der Waals surface area contributed by atoms with Crippen molar-refractivity contribution in [2.75, 3.05) is 20.1 Å². The summed E-state index contributed by atoms with van der Waals surface area (Å²) >= 11 is 0. The smallest absolute Gasteiger partial charge is 0.0459 e. The van der Waals surface area contributed by atoms with Gasteiger partial charge < -0.3 is 9.88 Å². The predicted molar refractivity (Wildman–Crippen MR) is 75.1 cm³/mol. The Morgan fingerprint density at radius 1 is 1.28 bits per heavy atom. The lowest BCUT2D eigenvalue weighted by molar-refractivity contribution is 0.386. The van der Waals surface area contributed by atoms with E-state index in [9.17, 15) is 0 Å². The molecule has 18 heavy (non-hydrogen) atoms. The second kappa shape index (κ2) is 3.61. The number of aromatic amines is 1. The zero-order valence-corrected chi connectivity index (χ0v) is 11.2. The number of hydrogen-bond acceptors (Lipinski definition) is 1. The summed E-state index contributed by atoms with van der Waals surface area (Å²) in [7, 11) is 2.26. The van der Waals surface area contributed by atoms with Gasteiger partial charge in [0.15, 0.2) is 0 Å². The van der Waals surface area contributed by atoms with E-state index in [0.717, 1.165) is 11.8 Å². The van der Waals surface area contributed by atoms with Crippen molar-refractivity contribution in [1.82, 2.24) is 9.88 Å². The van der Waals surface area contributed by atoms with Crippen molar-refractivity contribution in [3.8, 4) is 0 Å². The first kappa shape index (κ1) is 10.6. The summed E-state index contributed by atoms with van der Waals surface area (Å²) in [5, 5.41) is 1.48. The normalized spacial score (nSPS) is 27.4. The van der Waals surface area contributed by atoms with Gasteiger partial charge in [0, 0.05) is 35.6 Å². The van der Waals surface area contributed by atoms with Crippen LogP contribution in [-0.4, -0.2) is 30.0 Å². The van der Waals surface area contributed by atoms with E-state index in [-0.39, 0.29) is 0 Å². The maximum atomic E-state index is 3.65. The molecule has 0 bridgehead atoms. The molecule has 2 atom stereocenters. The molecule has 0 radical (unpaired) electrons. The van der Waals surface area contributed by atoms with Crippen molar-refractivity contribution in [1.29, 1.82) is 0 Å². The number of nitrogens with zero attached hydrogens (tertiary/aromatic N) is 1. The van der Waals surface area contributed by atoms with Gasteiger partial charge >= 0.3 is 0 Å². The standard InChI is InChI=1S/C16H20N2/c1-10-3-5-14-12(7-10)16-13-9-18(2)8-11(13)4-6-15(16)17-14/h3,5,7,11,13,17H,4,6,8-9H2,1-2H3. The van der Waals surface area contributed by atoms with Crippen molar-refractivity contribution in [2.45, 2.75) is 25.7 Å². The predicted octanol–water partition coefficient (Wildman–Crippen LogP) is 3.07. The highest BCUT2D eigenvalue weighted by molar-refractivity contribution is 5.86. The molecular formula is C16H20N2. The van der Waals surface area contributed by atoms with Crippen molar-refractivity contribution in [3.63, 3.8) is 0 Å². The van der Waals surface area contributed by atoms with E-state index in [4.69, 9.17) is 0 Å². The van der Waals surface area contributed by atoms with Crippen LogP contribution >= 0.6 is 0 Å². The van der Waals surface area contributed by atoms with E-state index in [2.05, 4.69) is 42.1 Å². The number of rotatable bonds is 0. The maximum Gasteiger partial charge on any atom is 0.0459 e. The van der Waals surface area contributed by atoms with E-state index < -0.39 is 0 Å². The molecule has 1 aromatic carbocycles. The molecule has 1 aliphatic heterocycles. The summed E-state index contributed by atoms with van der Waals surface area (Å²) in [6.07, 6.45) is 2.59. The molecule has 1 aliphatic carbocycles. The van der Waals surface area contributed by atoms with Crippen LogP contribution in [-0.2, 0) is 6.42 Å². The molecule has 0 saturated carbocycles. The zero-order chi connectivity index (χ0) is 12.3. The van der Waals surface area contributed by atoms with Gasteiger partial charge in [-0.2, -0.15) is 0 Å². The number of aryl methyl sites for hydroxylation is 2. The highest BCUT2D eigenvalue weighted by atomic mass is 15.1. The maximum absolute atomic E-state index is 3.65. The molecule has 2 aromatic rings. The summed E-state index contributed by atoms with van der Waals surface area (Å²) in [6.45, 7) is 4.71. The molecule has 1 aromatic heterocycles. The quantitative estimate of drug-likeness (QED) is 0.750. The van der Waals surface area contributed by atoms with Crippen LogP contribution in [0.2, 0.25) is 0 Å². The number of likely N-dealkylation sites (N-methyl/N-ethyl adjacent to an activating group) is 1. The highest BCUT2D eigenvalue weighted by Gasteiger charge is 2.37. The lowest BCUT2D eigenvalue weighted by Crippen LogP contribution is -2.18. The number of hydrogen-bond donors (Lipinski definition) is 1. The van der Waals surface area contributed by atoms with Crippen molar-refractivity contribution in [2.24, 2.45) is 5.92 Å². The summed E-state index contributed by atoms with van der Waals surface area (Å²) in [6, 6.07) is 6.82. The molecule has 4 rings (SSSR count). The lowest BCUT2D eigenvalue weighted by atomic mass is 9.79. The molecule has 1 fully saturated rings. The van der Waals surface area contributed by atoms with Crippen LogP contribution in [0.5, 0.6) is 0 Å². The van der Waals surface area contributed by atoms with Gasteiger partial charge in [-0.25, -0.2) is 0 Å².